The van der Waals surface area contributed by atoms with Crippen LogP contribution < -0.4 is 0 Å². The van der Waals surface area contributed by atoms with Crippen molar-refractivity contribution in [1.29, 1.82) is 0 Å². The molecule has 0 aromatic carbocycles. The highest BCUT2D eigenvalue weighted by Crippen LogP contribution is 2.21. The summed E-state index contributed by atoms with van der Waals surface area (Å²) in [4.78, 5) is 38.6. The molecule has 0 N–H and O–H groups in total. The molecule has 2 aliphatic heterocycles. The molecule has 0 saturated carbocycles. The minimum Gasteiger partial charge on any atom is -0.342 e. The van der Waals surface area contributed by atoms with Gasteiger partial charge in [0.05, 0.1) is 3.92 Å². The van der Waals surface area contributed by atoms with Crippen molar-refractivity contribution in [2.24, 2.45) is 5.92 Å². The van der Waals surface area contributed by atoms with Crippen LogP contribution in [0.5, 0.6) is 0 Å². The van der Waals surface area contributed by atoms with E-state index in [1.807, 2.05) is 27.5 Å². The number of hydrogen-bond donors (Lipinski definition) is 0. The molecule has 0 aliphatic carbocycles. The highest BCUT2D eigenvalue weighted by atomic mass is 127. The van der Waals surface area contributed by atoms with Crippen LogP contribution in [-0.4, -0.2) is 51.1 Å². The smallest absolute Gasteiger partial charge is 0.242 e. The third kappa shape index (κ3) is 4.40. The molecule has 2 rings (SSSR count). The number of carbonyl (C=O) groups excluding carboxylic acids is 3. The number of unbranched alkanes of at least 4 members (excludes halogenated alkanes) is 2. The number of carbonyl (C=O) groups is 3. The second kappa shape index (κ2) is 7.56. The van der Waals surface area contributed by atoms with E-state index in [1.54, 1.807) is 0 Å². The first-order chi connectivity index (χ1) is 9.99. The number of amides is 3. The summed E-state index contributed by atoms with van der Waals surface area (Å²) >= 11 is 2.03. The summed E-state index contributed by atoms with van der Waals surface area (Å²) in [6.07, 6.45) is 4.56. The molecule has 118 valence electrons. The van der Waals surface area contributed by atoms with Crippen molar-refractivity contribution >= 4 is 40.3 Å². The molecule has 6 heteroatoms. The van der Waals surface area contributed by atoms with Crippen LogP contribution in [0.15, 0.2) is 0 Å². The average Bonchev–Trinajstić information content (AvgIpc) is 2.96. The second-order valence-corrected chi connectivity index (χ2v) is 7.60. The topological polar surface area (TPSA) is 57.7 Å². The number of likely N-dealkylation sites (tertiary alicyclic amines) is 2. The second-order valence-electron chi connectivity index (χ2n) is 6.10. The summed E-state index contributed by atoms with van der Waals surface area (Å²) in [5.74, 6) is 0.770. The van der Waals surface area contributed by atoms with E-state index in [9.17, 15) is 14.4 Å². The molecule has 2 fully saturated rings. The molecule has 2 aliphatic rings. The Kier molecular flexibility index (Phi) is 6.01. The lowest BCUT2D eigenvalue weighted by atomic mass is 10.1. The molecule has 3 amide bonds. The van der Waals surface area contributed by atoms with Gasteiger partial charge in [0.15, 0.2) is 0 Å². The van der Waals surface area contributed by atoms with Gasteiger partial charge in [-0.2, -0.15) is 0 Å². The van der Waals surface area contributed by atoms with Crippen LogP contribution in [0.2, 0.25) is 0 Å². The van der Waals surface area contributed by atoms with Crippen molar-refractivity contribution in [3.63, 3.8) is 0 Å². The molecule has 5 nitrogen and oxygen atoms in total. The highest BCUT2D eigenvalue weighted by molar-refractivity contribution is 14.1. The summed E-state index contributed by atoms with van der Waals surface area (Å²) in [5.41, 5.74) is 0. The number of hydrogen-bond acceptors (Lipinski definition) is 3. The van der Waals surface area contributed by atoms with E-state index in [0.29, 0.717) is 25.3 Å². The van der Waals surface area contributed by atoms with Crippen LogP contribution in [0.1, 0.15) is 45.4 Å². The minimum atomic E-state index is -0.186. The van der Waals surface area contributed by atoms with Crippen molar-refractivity contribution in [3.8, 4) is 0 Å². The van der Waals surface area contributed by atoms with Gasteiger partial charge in [-0.15, -0.1) is 0 Å². The zero-order chi connectivity index (χ0) is 15.4. The van der Waals surface area contributed by atoms with Crippen LogP contribution >= 0.6 is 22.6 Å². The minimum absolute atomic E-state index is 0.0530. The van der Waals surface area contributed by atoms with Crippen molar-refractivity contribution in [2.75, 3.05) is 19.6 Å². The van der Waals surface area contributed by atoms with E-state index in [1.165, 1.54) is 4.90 Å². The van der Waals surface area contributed by atoms with Crippen LogP contribution in [0.25, 0.3) is 0 Å². The molecular weight excluding hydrogens is 383 g/mol. The van der Waals surface area contributed by atoms with Gasteiger partial charge < -0.3 is 4.90 Å². The number of halogens is 1. The molecule has 0 aromatic heterocycles. The van der Waals surface area contributed by atoms with Gasteiger partial charge >= 0.3 is 0 Å². The fourth-order valence-corrected chi connectivity index (χ4v) is 3.63. The van der Waals surface area contributed by atoms with Crippen LogP contribution in [-0.2, 0) is 14.4 Å². The normalized spacial score (nSPS) is 26.0. The molecule has 2 heterocycles. The molecule has 0 bridgehead atoms. The van der Waals surface area contributed by atoms with Gasteiger partial charge in [0.25, 0.3) is 0 Å². The van der Waals surface area contributed by atoms with Gasteiger partial charge in [-0.05, 0) is 25.2 Å². The van der Waals surface area contributed by atoms with Gasteiger partial charge in [-0.1, -0.05) is 35.9 Å². The first-order valence-electron chi connectivity index (χ1n) is 7.75. The van der Waals surface area contributed by atoms with E-state index in [-0.39, 0.29) is 21.6 Å². The third-order valence-electron chi connectivity index (χ3n) is 4.24. The number of nitrogens with zero attached hydrogens (tertiary/aromatic N) is 2. The number of alkyl halides is 1. The van der Waals surface area contributed by atoms with E-state index >= 15 is 0 Å². The Bertz CT molecular complexity index is 427. The number of rotatable bonds is 6. The van der Waals surface area contributed by atoms with Gasteiger partial charge in [0.2, 0.25) is 17.7 Å². The summed E-state index contributed by atoms with van der Waals surface area (Å²) in [5, 5.41) is 0. The quantitative estimate of drug-likeness (QED) is 0.293. The largest absolute Gasteiger partial charge is 0.342 e. The van der Waals surface area contributed by atoms with E-state index in [4.69, 9.17) is 0 Å². The molecule has 21 heavy (non-hydrogen) atoms. The van der Waals surface area contributed by atoms with E-state index < -0.39 is 0 Å². The van der Waals surface area contributed by atoms with Crippen molar-refractivity contribution in [2.45, 2.75) is 49.4 Å². The summed E-state index contributed by atoms with van der Waals surface area (Å²) < 4.78 is -0.186. The monoisotopic (exact) mass is 406 g/mol. The standard InChI is InChI=1S/C15H23IN2O3/c1-11-6-8-17(10-11)13(19)5-3-2-4-7-18-14(20)9-12(16)15(18)21/h11-12H,2-10H2,1H3/t11-,12?/m1/s1. The number of imide groups is 1. The lowest BCUT2D eigenvalue weighted by Gasteiger charge is -2.16. The first kappa shape index (κ1) is 16.7. The fraction of sp³-hybridized carbons (Fsp3) is 0.800. The van der Waals surface area contributed by atoms with E-state index in [0.717, 1.165) is 38.8 Å². The van der Waals surface area contributed by atoms with Crippen molar-refractivity contribution < 1.29 is 14.4 Å². The van der Waals surface area contributed by atoms with Crippen molar-refractivity contribution in [1.82, 2.24) is 9.80 Å². The zero-order valence-electron chi connectivity index (χ0n) is 12.5. The molecule has 0 aromatic rings. The highest BCUT2D eigenvalue weighted by Gasteiger charge is 2.36. The lowest BCUT2D eigenvalue weighted by Crippen LogP contribution is -2.31. The van der Waals surface area contributed by atoms with Crippen LogP contribution in [0.4, 0.5) is 0 Å². The Balaban J connectivity index is 1.59. The lowest BCUT2D eigenvalue weighted by molar-refractivity contribution is -0.138. The first-order valence-corrected chi connectivity index (χ1v) is 8.99. The molecule has 0 radical (unpaired) electrons. The maximum absolute atomic E-state index is 12.0. The molecular formula is C15H23IN2O3. The average molecular weight is 406 g/mol. The van der Waals surface area contributed by atoms with Gasteiger partial charge in [0.1, 0.15) is 0 Å². The summed E-state index contributed by atoms with van der Waals surface area (Å²) in [7, 11) is 0. The predicted molar refractivity (Wildman–Crippen MR) is 88.0 cm³/mol. The summed E-state index contributed by atoms with van der Waals surface area (Å²) in [6, 6.07) is 0. The maximum Gasteiger partial charge on any atom is 0.242 e. The van der Waals surface area contributed by atoms with Crippen LogP contribution in [0.3, 0.4) is 0 Å². The van der Waals surface area contributed by atoms with Crippen molar-refractivity contribution in [3.05, 3.63) is 0 Å². The Hall–Kier alpha value is -0.660. The molecule has 1 unspecified atom stereocenters. The molecule has 0 spiro atoms. The Labute approximate surface area is 139 Å². The Morgan fingerprint density at radius 3 is 2.62 bits per heavy atom. The molecule has 2 saturated heterocycles. The van der Waals surface area contributed by atoms with Gasteiger partial charge in [-0.25, -0.2) is 0 Å². The van der Waals surface area contributed by atoms with Gasteiger partial charge in [-0.3, -0.25) is 19.3 Å². The maximum atomic E-state index is 12.0. The van der Waals surface area contributed by atoms with Gasteiger partial charge in [0, 0.05) is 32.5 Å². The SMILES string of the molecule is C[C@@H]1CCN(C(=O)CCCCCN2C(=O)CC(I)C2=O)C1. The zero-order valence-corrected chi connectivity index (χ0v) is 14.7. The van der Waals surface area contributed by atoms with E-state index in [2.05, 4.69) is 6.92 Å². The summed E-state index contributed by atoms with van der Waals surface area (Å²) in [6.45, 7) is 4.48. The fourth-order valence-electron chi connectivity index (χ4n) is 2.92. The molecule has 2 atom stereocenters. The predicted octanol–water partition coefficient (Wildman–Crippen LogP) is 1.98. The Morgan fingerprint density at radius 2 is 2.05 bits per heavy atom. The third-order valence-corrected chi connectivity index (χ3v) is 5.21. The van der Waals surface area contributed by atoms with Crippen LogP contribution in [0, 0.1) is 5.92 Å². The Morgan fingerprint density at radius 1 is 1.29 bits per heavy atom.